The summed E-state index contributed by atoms with van der Waals surface area (Å²) in [6, 6.07) is 17.8. The summed E-state index contributed by atoms with van der Waals surface area (Å²) in [7, 11) is 0. The standard InChI is InChI=1S/C20H13N3OS2/c21-10-15(20-23-18-3-1-2-4-19(18)26-20)9-14-5-7-17(8-6-14)24-11-16-12-25-13-22-16/h1-9,12-13H,11H2. The maximum atomic E-state index is 9.53. The van der Waals surface area contributed by atoms with Crippen molar-refractivity contribution >= 4 is 44.5 Å². The molecular weight excluding hydrogens is 362 g/mol. The van der Waals surface area contributed by atoms with Crippen LogP contribution in [0.15, 0.2) is 59.4 Å². The fourth-order valence-electron chi connectivity index (χ4n) is 2.42. The lowest BCUT2D eigenvalue weighted by molar-refractivity contribution is 0.302. The van der Waals surface area contributed by atoms with Gasteiger partial charge < -0.3 is 4.74 Å². The second kappa shape index (κ2) is 7.48. The van der Waals surface area contributed by atoms with E-state index >= 15 is 0 Å². The molecule has 126 valence electrons. The van der Waals surface area contributed by atoms with E-state index in [0.29, 0.717) is 12.2 Å². The number of nitriles is 1. The number of fused-ring (bicyclic) bond motifs is 1. The van der Waals surface area contributed by atoms with Crippen molar-refractivity contribution in [1.82, 2.24) is 9.97 Å². The van der Waals surface area contributed by atoms with Crippen molar-refractivity contribution in [2.75, 3.05) is 0 Å². The van der Waals surface area contributed by atoms with E-state index in [4.69, 9.17) is 4.74 Å². The van der Waals surface area contributed by atoms with Gasteiger partial charge in [-0.25, -0.2) is 9.97 Å². The second-order valence-electron chi connectivity index (χ2n) is 5.49. The first-order valence-corrected chi connectivity index (χ1v) is 9.65. The molecule has 4 aromatic rings. The summed E-state index contributed by atoms with van der Waals surface area (Å²) in [5.41, 5.74) is 5.11. The Kier molecular flexibility index (Phi) is 4.73. The van der Waals surface area contributed by atoms with E-state index in [9.17, 15) is 5.26 Å². The Bertz CT molecular complexity index is 1060. The Balaban J connectivity index is 1.53. The molecule has 0 amide bonds. The molecule has 2 heterocycles. The van der Waals surface area contributed by atoms with E-state index in [0.717, 1.165) is 32.2 Å². The highest BCUT2D eigenvalue weighted by Gasteiger charge is 2.08. The van der Waals surface area contributed by atoms with Crippen molar-refractivity contribution in [2.45, 2.75) is 6.61 Å². The Hall–Kier alpha value is -3.01. The summed E-state index contributed by atoms with van der Waals surface area (Å²) >= 11 is 3.08. The van der Waals surface area contributed by atoms with E-state index in [1.165, 1.54) is 11.3 Å². The van der Waals surface area contributed by atoms with E-state index in [-0.39, 0.29) is 0 Å². The Morgan fingerprint density at radius 1 is 1.15 bits per heavy atom. The van der Waals surface area contributed by atoms with Crippen molar-refractivity contribution in [3.05, 3.63) is 75.7 Å². The van der Waals surface area contributed by atoms with Gasteiger partial charge in [0, 0.05) is 5.38 Å². The molecule has 0 aliphatic heterocycles. The number of para-hydroxylation sites is 1. The number of hydrogen-bond donors (Lipinski definition) is 0. The van der Waals surface area contributed by atoms with Crippen LogP contribution in [-0.4, -0.2) is 9.97 Å². The lowest BCUT2D eigenvalue weighted by Crippen LogP contribution is -1.95. The number of benzene rings is 2. The van der Waals surface area contributed by atoms with Gasteiger partial charge in [0.05, 0.1) is 27.0 Å². The van der Waals surface area contributed by atoms with Gasteiger partial charge in [-0.1, -0.05) is 24.3 Å². The normalized spacial score (nSPS) is 11.4. The van der Waals surface area contributed by atoms with Gasteiger partial charge >= 0.3 is 0 Å². The molecule has 0 atom stereocenters. The van der Waals surface area contributed by atoms with Gasteiger partial charge in [-0.3, -0.25) is 0 Å². The molecule has 26 heavy (non-hydrogen) atoms. The highest BCUT2D eigenvalue weighted by molar-refractivity contribution is 7.19. The van der Waals surface area contributed by atoms with Crippen molar-refractivity contribution in [3.63, 3.8) is 0 Å². The van der Waals surface area contributed by atoms with E-state index in [2.05, 4.69) is 16.0 Å². The number of rotatable bonds is 5. The lowest BCUT2D eigenvalue weighted by atomic mass is 10.1. The molecule has 2 aromatic carbocycles. The zero-order valence-corrected chi connectivity index (χ0v) is 15.3. The third kappa shape index (κ3) is 3.64. The Morgan fingerprint density at radius 3 is 2.73 bits per heavy atom. The van der Waals surface area contributed by atoms with Gasteiger partial charge in [-0.2, -0.15) is 5.26 Å². The van der Waals surface area contributed by atoms with Crippen molar-refractivity contribution in [3.8, 4) is 11.8 Å². The average Bonchev–Trinajstić information content (AvgIpc) is 3.34. The monoisotopic (exact) mass is 375 g/mol. The minimum Gasteiger partial charge on any atom is -0.487 e. The van der Waals surface area contributed by atoms with Crippen LogP contribution < -0.4 is 4.74 Å². The van der Waals surface area contributed by atoms with Gasteiger partial charge in [0.2, 0.25) is 0 Å². The molecule has 0 N–H and O–H groups in total. The lowest BCUT2D eigenvalue weighted by Gasteiger charge is -2.04. The molecule has 0 aliphatic rings. The molecule has 0 radical (unpaired) electrons. The molecule has 2 aromatic heterocycles. The summed E-state index contributed by atoms with van der Waals surface area (Å²) < 4.78 is 6.79. The van der Waals surface area contributed by atoms with Crippen LogP contribution in [0.1, 0.15) is 16.3 Å². The van der Waals surface area contributed by atoms with Crippen LogP contribution in [-0.2, 0) is 6.61 Å². The molecule has 0 fully saturated rings. The molecule has 0 spiro atoms. The fourth-order valence-corrected chi connectivity index (χ4v) is 3.90. The molecular formula is C20H13N3OS2. The predicted molar refractivity (Wildman–Crippen MR) is 106 cm³/mol. The van der Waals surface area contributed by atoms with Gasteiger partial charge in [0.25, 0.3) is 0 Å². The number of nitrogens with zero attached hydrogens (tertiary/aromatic N) is 3. The third-order valence-corrected chi connectivity index (χ3v) is 5.41. The highest BCUT2D eigenvalue weighted by Crippen LogP contribution is 2.28. The van der Waals surface area contributed by atoms with Crippen LogP contribution in [0.4, 0.5) is 0 Å². The van der Waals surface area contributed by atoms with Gasteiger partial charge in [-0.15, -0.1) is 22.7 Å². The molecule has 0 saturated heterocycles. The average molecular weight is 375 g/mol. The van der Waals surface area contributed by atoms with Gasteiger partial charge in [0.1, 0.15) is 23.4 Å². The maximum absolute atomic E-state index is 9.53. The van der Waals surface area contributed by atoms with Gasteiger partial charge in [0.15, 0.2) is 0 Å². The number of ether oxygens (including phenoxy) is 1. The summed E-state index contributed by atoms with van der Waals surface area (Å²) in [5, 5.41) is 12.2. The summed E-state index contributed by atoms with van der Waals surface area (Å²) in [4.78, 5) is 8.75. The zero-order valence-electron chi connectivity index (χ0n) is 13.6. The highest BCUT2D eigenvalue weighted by atomic mass is 32.1. The Morgan fingerprint density at radius 2 is 2.00 bits per heavy atom. The molecule has 0 unspecified atom stereocenters. The fraction of sp³-hybridized carbons (Fsp3) is 0.0500. The minimum absolute atomic E-state index is 0.452. The number of allylic oxidation sites excluding steroid dienone is 1. The molecule has 6 heteroatoms. The van der Waals surface area contributed by atoms with Crippen LogP contribution in [0, 0.1) is 11.3 Å². The number of aromatic nitrogens is 2. The van der Waals surface area contributed by atoms with Crippen LogP contribution in [0.25, 0.3) is 21.9 Å². The minimum atomic E-state index is 0.452. The van der Waals surface area contributed by atoms with E-state index in [1.54, 1.807) is 16.8 Å². The first-order valence-electron chi connectivity index (χ1n) is 7.89. The maximum Gasteiger partial charge on any atom is 0.135 e. The zero-order chi connectivity index (χ0) is 17.8. The first kappa shape index (κ1) is 16.5. The molecule has 0 aliphatic carbocycles. The molecule has 4 rings (SSSR count). The largest absolute Gasteiger partial charge is 0.487 e. The molecule has 0 bridgehead atoms. The third-order valence-electron chi connectivity index (χ3n) is 3.71. The van der Waals surface area contributed by atoms with Crippen molar-refractivity contribution in [1.29, 1.82) is 5.26 Å². The van der Waals surface area contributed by atoms with Gasteiger partial charge in [-0.05, 0) is 35.9 Å². The van der Waals surface area contributed by atoms with E-state index < -0.39 is 0 Å². The summed E-state index contributed by atoms with van der Waals surface area (Å²) in [6.45, 7) is 0.452. The van der Waals surface area contributed by atoms with E-state index in [1.807, 2.05) is 60.0 Å². The number of hydrogen-bond acceptors (Lipinski definition) is 6. The summed E-state index contributed by atoms with van der Waals surface area (Å²) in [5.74, 6) is 0.772. The topological polar surface area (TPSA) is 58.8 Å². The van der Waals surface area contributed by atoms with Crippen LogP contribution in [0.5, 0.6) is 5.75 Å². The first-order chi connectivity index (χ1) is 12.8. The molecule has 0 saturated carbocycles. The Labute approximate surface area is 158 Å². The number of thiazole rings is 2. The van der Waals surface area contributed by atoms with Crippen molar-refractivity contribution in [2.24, 2.45) is 0 Å². The van der Waals surface area contributed by atoms with Crippen molar-refractivity contribution < 1.29 is 4.74 Å². The predicted octanol–water partition coefficient (Wildman–Crippen LogP) is 5.40. The summed E-state index contributed by atoms with van der Waals surface area (Å²) in [6.07, 6.45) is 1.85. The second-order valence-corrected chi connectivity index (χ2v) is 7.24. The van der Waals surface area contributed by atoms with Crippen LogP contribution in [0.3, 0.4) is 0 Å². The SMILES string of the molecule is N#CC(=Cc1ccc(OCc2cscn2)cc1)c1nc2ccccc2s1. The smallest absolute Gasteiger partial charge is 0.135 e. The molecule has 4 nitrogen and oxygen atoms in total. The van der Waals surface area contributed by atoms with Crippen LogP contribution in [0.2, 0.25) is 0 Å². The van der Waals surface area contributed by atoms with Crippen LogP contribution >= 0.6 is 22.7 Å². The quantitative estimate of drug-likeness (QED) is 0.438.